The number of hydrogen-bond acceptors (Lipinski definition) is 3. The summed E-state index contributed by atoms with van der Waals surface area (Å²) in [6, 6.07) is 10.5. The van der Waals surface area contributed by atoms with E-state index in [2.05, 4.69) is 22.3 Å². The molecule has 1 aromatic rings. The molecule has 1 aliphatic carbocycles. The van der Waals surface area contributed by atoms with Crippen LogP contribution in [0.4, 0.5) is 0 Å². The van der Waals surface area contributed by atoms with Crippen molar-refractivity contribution in [2.45, 2.75) is 31.7 Å². The average Bonchev–Trinajstić information content (AvgIpc) is 3.24. The zero-order chi connectivity index (χ0) is 15.4. The fraction of sp³-hybridized carbons (Fsp3) is 0.529. The molecule has 1 amide bonds. The summed E-state index contributed by atoms with van der Waals surface area (Å²) in [6.07, 6.45) is 4.84. The second-order valence-corrected chi connectivity index (χ2v) is 7.65. The highest BCUT2D eigenvalue weighted by atomic mass is 32.2. The van der Waals surface area contributed by atoms with Crippen LogP contribution in [-0.4, -0.2) is 34.0 Å². The minimum absolute atomic E-state index is 0.0901. The van der Waals surface area contributed by atoms with Crippen molar-refractivity contribution in [2.24, 2.45) is 5.92 Å². The first-order valence-electron chi connectivity index (χ1n) is 8.00. The lowest BCUT2D eigenvalue weighted by Crippen LogP contribution is -2.32. The Balaban J connectivity index is 1.50. The van der Waals surface area contributed by atoms with E-state index in [-0.39, 0.29) is 11.9 Å². The van der Waals surface area contributed by atoms with Crippen molar-refractivity contribution >= 4 is 34.2 Å². The molecule has 2 fully saturated rings. The molecule has 1 aromatic carbocycles. The van der Waals surface area contributed by atoms with Gasteiger partial charge < -0.3 is 10.2 Å². The third-order valence-corrected chi connectivity index (χ3v) is 5.78. The molecule has 0 spiro atoms. The highest BCUT2D eigenvalue weighted by Crippen LogP contribution is 2.40. The zero-order valence-electron chi connectivity index (χ0n) is 12.7. The van der Waals surface area contributed by atoms with Crippen LogP contribution in [-0.2, 0) is 4.79 Å². The van der Waals surface area contributed by atoms with Gasteiger partial charge in [0.1, 0.15) is 4.32 Å². The van der Waals surface area contributed by atoms with Crippen LogP contribution in [0.25, 0.3) is 0 Å². The average molecular weight is 335 g/mol. The van der Waals surface area contributed by atoms with Gasteiger partial charge in [0.05, 0.1) is 11.8 Å². The Labute approximate surface area is 141 Å². The monoisotopic (exact) mass is 334 g/mol. The highest BCUT2D eigenvalue weighted by Gasteiger charge is 2.33. The van der Waals surface area contributed by atoms with Gasteiger partial charge in [0, 0.05) is 13.1 Å². The lowest BCUT2D eigenvalue weighted by Gasteiger charge is -2.20. The van der Waals surface area contributed by atoms with Crippen LogP contribution in [0.1, 0.15) is 37.3 Å². The number of thiocarbonyl (C=S) groups is 1. The Morgan fingerprint density at radius 2 is 1.95 bits per heavy atom. The molecule has 1 atom stereocenters. The number of carbonyl (C=O) groups is 1. The molecule has 1 saturated heterocycles. The highest BCUT2D eigenvalue weighted by molar-refractivity contribution is 8.23. The fourth-order valence-corrected chi connectivity index (χ4v) is 3.96. The van der Waals surface area contributed by atoms with Crippen LogP contribution >= 0.6 is 24.0 Å². The van der Waals surface area contributed by atoms with Crippen LogP contribution in [0.3, 0.4) is 0 Å². The quantitative estimate of drug-likeness (QED) is 0.837. The maximum Gasteiger partial charge on any atom is 0.230 e. The number of likely N-dealkylation sites (tertiary alicyclic amines) is 1. The van der Waals surface area contributed by atoms with Gasteiger partial charge in [0.2, 0.25) is 5.91 Å². The summed E-state index contributed by atoms with van der Waals surface area (Å²) in [5.74, 6) is 1.11. The number of benzene rings is 1. The summed E-state index contributed by atoms with van der Waals surface area (Å²) < 4.78 is 0.871. The largest absolute Gasteiger partial charge is 0.358 e. The predicted octanol–water partition coefficient (Wildman–Crippen LogP) is 3.37. The maximum atomic E-state index is 12.3. The molecule has 1 heterocycles. The Hall–Kier alpha value is -1.07. The number of nitrogens with zero attached hydrogens (tertiary/aromatic N) is 1. The van der Waals surface area contributed by atoms with Crippen molar-refractivity contribution in [2.75, 3.05) is 18.8 Å². The van der Waals surface area contributed by atoms with Crippen LogP contribution in [0.2, 0.25) is 0 Å². The number of thioether (sulfide) groups is 1. The van der Waals surface area contributed by atoms with Crippen LogP contribution in [0, 0.1) is 5.92 Å². The Bertz CT molecular complexity index is 525. The molecule has 0 bridgehead atoms. The van der Waals surface area contributed by atoms with Gasteiger partial charge in [-0.3, -0.25) is 4.79 Å². The van der Waals surface area contributed by atoms with E-state index in [0.717, 1.165) is 17.4 Å². The van der Waals surface area contributed by atoms with E-state index in [4.69, 9.17) is 12.2 Å². The van der Waals surface area contributed by atoms with E-state index in [1.54, 1.807) is 0 Å². The maximum absolute atomic E-state index is 12.3. The smallest absolute Gasteiger partial charge is 0.230 e. The molecule has 0 aromatic heterocycles. The number of nitrogens with one attached hydrogen (secondary N) is 1. The number of carbonyl (C=O) groups excluding carboxylic acids is 1. The normalized spacial score (nSPS) is 19.0. The van der Waals surface area contributed by atoms with Crippen molar-refractivity contribution in [1.29, 1.82) is 0 Å². The van der Waals surface area contributed by atoms with Crippen LogP contribution < -0.4 is 5.32 Å². The number of rotatable bonds is 5. The molecule has 1 N–H and O–H groups in total. The summed E-state index contributed by atoms with van der Waals surface area (Å²) in [6.45, 7) is 2.09. The molecule has 1 unspecified atom stereocenters. The van der Waals surface area contributed by atoms with Crippen molar-refractivity contribution in [3.8, 4) is 0 Å². The van der Waals surface area contributed by atoms with Crippen molar-refractivity contribution in [3.63, 3.8) is 0 Å². The lowest BCUT2D eigenvalue weighted by molar-refractivity contribution is -0.119. The minimum Gasteiger partial charge on any atom is -0.358 e. The second kappa shape index (κ2) is 7.47. The third kappa shape index (κ3) is 4.23. The van der Waals surface area contributed by atoms with Gasteiger partial charge in [-0.15, -0.1) is 0 Å². The van der Waals surface area contributed by atoms with E-state index in [0.29, 0.717) is 11.7 Å². The predicted molar refractivity (Wildman–Crippen MR) is 95.9 cm³/mol. The fourth-order valence-electron chi connectivity index (χ4n) is 2.90. The van der Waals surface area contributed by atoms with Crippen molar-refractivity contribution in [1.82, 2.24) is 10.2 Å². The van der Waals surface area contributed by atoms with Gasteiger partial charge in [-0.05, 0) is 37.2 Å². The molecule has 0 radical (unpaired) electrons. The topological polar surface area (TPSA) is 32.3 Å². The van der Waals surface area contributed by atoms with Gasteiger partial charge in [0.15, 0.2) is 0 Å². The van der Waals surface area contributed by atoms with E-state index in [9.17, 15) is 4.79 Å². The zero-order valence-corrected chi connectivity index (χ0v) is 14.3. The molecular weight excluding hydrogens is 312 g/mol. The molecule has 3 rings (SSSR count). The first-order chi connectivity index (χ1) is 10.7. The van der Waals surface area contributed by atoms with Gasteiger partial charge in [0.25, 0.3) is 0 Å². The summed E-state index contributed by atoms with van der Waals surface area (Å²) in [4.78, 5) is 14.5. The molecular formula is C17H22N2OS2. The second-order valence-electron chi connectivity index (χ2n) is 6.04. The van der Waals surface area contributed by atoms with Gasteiger partial charge in [-0.2, -0.15) is 0 Å². The molecule has 5 heteroatoms. The number of amides is 1. The Morgan fingerprint density at radius 3 is 2.59 bits per heavy atom. The van der Waals surface area contributed by atoms with Crippen molar-refractivity contribution < 1.29 is 4.79 Å². The molecule has 2 aliphatic rings. The van der Waals surface area contributed by atoms with Gasteiger partial charge >= 0.3 is 0 Å². The molecule has 22 heavy (non-hydrogen) atoms. The van der Waals surface area contributed by atoms with Crippen molar-refractivity contribution in [3.05, 3.63) is 35.9 Å². The molecule has 118 valence electrons. The molecule has 1 saturated carbocycles. The van der Waals surface area contributed by atoms with E-state index < -0.39 is 0 Å². The van der Waals surface area contributed by atoms with E-state index in [1.165, 1.54) is 43.0 Å². The standard InChI is InChI=1S/C17H22N2OS2/c20-15(12-22-17(21)19-10-4-5-11-19)18-16(14-8-9-14)13-6-2-1-3-7-13/h1-3,6-7,14,16H,4-5,8-12H2,(H,18,20). The Kier molecular flexibility index (Phi) is 5.37. The SMILES string of the molecule is O=C(CSC(=S)N1CCCC1)NC(c1ccccc1)C1CC1. The van der Waals surface area contributed by atoms with Crippen LogP contribution in [0.5, 0.6) is 0 Å². The van der Waals surface area contributed by atoms with Gasteiger partial charge in [-0.25, -0.2) is 0 Å². The molecule has 1 aliphatic heterocycles. The summed E-state index contributed by atoms with van der Waals surface area (Å²) in [7, 11) is 0. The first-order valence-corrected chi connectivity index (χ1v) is 9.39. The van der Waals surface area contributed by atoms with E-state index >= 15 is 0 Å². The van der Waals surface area contributed by atoms with E-state index in [1.807, 2.05) is 18.2 Å². The first kappa shape index (κ1) is 15.8. The molecule has 3 nitrogen and oxygen atoms in total. The summed E-state index contributed by atoms with van der Waals surface area (Å²) >= 11 is 6.91. The Morgan fingerprint density at radius 1 is 1.27 bits per heavy atom. The third-order valence-electron chi connectivity index (χ3n) is 4.26. The number of hydrogen-bond donors (Lipinski definition) is 1. The summed E-state index contributed by atoms with van der Waals surface area (Å²) in [5, 5.41) is 3.20. The lowest BCUT2D eigenvalue weighted by atomic mass is 10.0. The van der Waals surface area contributed by atoms with Gasteiger partial charge in [-0.1, -0.05) is 54.3 Å². The summed E-state index contributed by atoms with van der Waals surface area (Å²) in [5.41, 5.74) is 1.21. The van der Waals surface area contributed by atoms with Crippen LogP contribution in [0.15, 0.2) is 30.3 Å². The minimum atomic E-state index is 0.0901.